The summed E-state index contributed by atoms with van der Waals surface area (Å²) in [4.78, 5) is 27.3. The summed E-state index contributed by atoms with van der Waals surface area (Å²) in [5.74, 6) is 1.25. The van der Waals surface area contributed by atoms with E-state index in [0.29, 0.717) is 31.3 Å². The van der Waals surface area contributed by atoms with Crippen molar-refractivity contribution in [1.82, 2.24) is 19.9 Å². The van der Waals surface area contributed by atoms with Gasteiger partial charge in [-0.25, -0.2) is 4.98 Å². The van der Waals surface area contributed by atoms with Crippen LogP contribution in [0.2, 0.25) is 0 Å². The van der Waals surface area contributed by atoms with E-state index in [-0.39, 0.29) is 11.8 Å². The van der Waals surface area contributed by atoms with Gasteiger partial charge in [-0.2, -0.15) is 0 Å². The molecule has 2 aromatic heterocycles. The highest BCUT2D eigenvalue weighted by molar-refractivity contribution is 5.92. The molecule has 136 valence electrons. The van der Waals surface area contributed by atoms with Crippen molar-refractivity contribution < 1.29 is 9.53 Å². The predicted molar refractivity (Wildman–Crippen MR) is 96.7 cm³/mol. The number of pyridine rings is 1. The number of aromatic nitrogens is 3. The smallest absolute Gasteiger partial charge is 0.274 e. The summed E-state index contributed by atoms with van der Waals surface area (Å²) in [6.07, 6.45) is 9.40. The zero-order valence-corrected chi connectivity index (χ0v) is 15.0. The van der Waals surface area contributed by atoms with Crippen LogP contribution in [0.3, 0.4) is 0 Å². The molecule has 4 rings (SSSR count). The van der Waals surface area contributed by atoms with Gasteiger partial charge in [-0.15, -0.1) is 0 Å². The van der Waals surface area contributed by atoms with Crippen molar-refractivity contribution in [3.05, 3.63) is 53.9 Å². The number of amides is 1. The molecule has 1 saturated heterocycles. The second-order valence-electron chi connectivity index (χ2n) is 7.38. The minimum absolute atomic E-state index is 0.0544. The first-order valence-electron chi connectivity index (χ1n) is 9.26. The minimum atomic E-state index is -0.0544. The molecule has 2 aromatic rings. The second-order valence-corrected chi connectivity index (χ2v) is 7.38. The molecule has 0 N–H and O–H groups in total. The first-order valence-corrected chi connectivity index (χ1v) is 9.26. The molecule has 1 amide bonds. The summed E-state index contributed by atoms with van der Waals surface area (Å²) >= 11 is 0. The predicted octanol–water partition coefficient (Wildman–Crippen LogP) is 2.46. The largest absolute Gasteiger partial charge is 0.381 e. The fourth-order valence-electron chi connectivity index (χ4n) is 3.53. The summed E-state index contributed by atoms with van der Waals surface area (Å²) in [5, 5.41) is 0. The molecule has 0 spiro atoms. The van der Waals surface area contributed by atoms with E-state index in [0.717, 1.165) is 18.2 Å². The highest BCUT2D eigenvalue weighted by Crippen LogP contribution is 2.34. The molecule has 0 aromatic carbocycles. The average Bonchev–Trinajstić information content (AvgIpc) is 3.40. The minimum Gasteiger partial charge on any atom is -0.381 e. The van der Waals surface area contributed by atoms with Gasteiger partial charge in [0.05, 0.1) is 18.5 Å². The van der Waals surface area contributed by atoms with E-state index in [9.17, 15) is 4.79 Å². The van der Waals surface area contributed by atoms with Crippen molar-refractivity contribution >= 4 is 5.91 Å². The van der Waals surface area contributed by atoms with E-state index in [1.807, 2.05) is 36.4 Å². The third kappa shape index (κ3) is 3.90. The Labute approximate surface area is 153 Å². The molecule has 2 unspecified atom stereocenters. The Bertz CT molecular complexity index is 746. The zero-order valence-electron chi connectivity index (χ0n) is 15.0. The van der Waals surface area contributed by atoms with Gasteiger partial charge in [0.25, 0.3) is 5.91 Å². The van der Waals surface area contributed by atoms with E-state index in [1.54, 1.807) is 12.4 Å². The average molecular weight is 352 g/mol. The number of likely N-dealkylation sites (tertiary alicyclic amines) is 1. The van der Waals surface area contributed by atoms with Gasteiger partial charge in [0.1, 0.15) is 5.69 Å². The SMILES string of the molecule is Cc1cnc(C(=O)N2CC(COCC3CC3)C(c3ccncc3)C2)cn1. The first-order chi connectivity index (χ1) is 12.7. The summed E-state index contributed by atoms with van der Waals surface area (Å²) in [5.41, 5.74) is 2.43. The summed E-state index contributed by atoms with van der Waals surface area (Å²) in [7, 11) is 0. The third-order valence-electron chi connectivity index (χ3n) is 5.24. The maximum Gasteiger partial charge on any atom is 0.274 e. The lowest BCUT2D eigenvalue weighted by molar-refractivity contribution is 0.0734. The van der Waals surface area contributed by atoms with E-state index < -0.39 is 0 Å². The number of hydrogen-bond acceptors (Lipinski definition) is 5. The normalized spacial score (nSPS) is 22.6. The van der Waals surface area contributed by atoms with Crippen LogP contribution in [0.1, 0.15) is 40.5 Å². The molecule has 6 heteroatoms. The number of hydrogen-bond donors (Lipinski definition) is 0. The maximum atomic E-state index is 12.8. The Morgan fingerprint density at radius 1 is 1.15 bits per heavy atom. The van der Waals surface area contributed by atoms with Gasteiger partial charge < -0.3 is 9.64 Å². The Kier molecular flexibility index (Phi) is 4.93. The van der Waals surface area contributed by atoms with Crippen LogP contribution < -0.4 is 0 Å². The van der Waals surface area contributed by atoms with Crippen LogP contribution in [0.5, 0.6) is 0 Å². The zero-order chi connectivity index (χ0) is 17.9. The third-order valence-corrected chi connectivity index (χ3v) is 5.24. The Balaban J connectivity index is 1.48. The number of nitrogens with zero attached hydrogens (tertiary/aromatic N) is 4. The second kappa shape index (κ2) is 7.50. The molecule has 6 nitrogen and oxygen atoms in total. The van der Waals surface area contributed by atoms with E-state index >= 15 is 0 Å². The Morgan fingerprint density at radius 3 is 2.65 bits per heavy atom. The van der Waals surface area contributed by atoms with Crippen LogP contribution >= 0.6 is 0 Å². The molecule has 3 heterocycles. The van der Waals surface area contributed by atoms with Crippen molar-refractivity contribution in [3.63, 3.8) is 0 Å². The van der Waals surface area contributed by atoms with E-state index in [4.69, 9.17) is 4.74 Å². The van der Waals surface area contributed by atoms with Crippen molar-refractivity contribution in [2.24, 2.45) is 11.8 Å². The first kappa shape index (κ1) is 17.1. The van der Waals surface area contributed by atoms with Crippen molar-refractivity contribution in [2.45, 2.75) is 25.7 Å². The lowest BCUT2D eigenvalue weighted by Gasteiger charge is -2.18. The lowest BCUT2D eigenvalue weighted by Crippen LogP contribution is -2.30. The van der Waals surface area contributed by atoms with Crippen LogP contribution in [0, 0.1) is 18.8 Å². The molecule has 1 saturated carbocycles. The number of rotatable bonds is 6. The van der Waals surface area contributed by atoms with Gasteiger partial charge in [0.15, 0.2) is 0 Å². The fraction of sp³-hybridized carbons (Fsp3) is 0.500. The molecule has 26 heavy (non-hydrogen) atoms. The molecular formula is C20H24N4O2. The molecule has 2 fully saturated rings. The topological polar surface area (TPSA) is 68.2 Å². The molecule has 2 atom stereocenters. The van der Waals surface area contributed by atoms with Crippen molar-refractivity contribution in [2.75, 3.05) is 26.3 Å². The summed E-state index contributed by atoms with van der Waals surface area (Å²) < 4.78 is 5.96. The molecule has 0 bridgehead atoms. The highest BCUT2D eigenvalue weighted by Gasteiger charge is 2.37. The van der Waals surface area contributed by atoms with Gasteiger partial charge in [0.2, 0.25) is 0 Å². The van der Waals surface area contributed by atoms with Crippen molar-refractivity contribution in [3.8, 4) is 0 Å². The number of carbonyl (C=O) groups is 1. The lowest BCUT2D eigenvalue weighted by atomic mass is 9.90. The van der Waals surface area contributed by atoms with Crippen LogP contribution in [-0.2, 0) is 4.74 Å². The Hall–Kier alpha value is -2.34. The summed E-state index contributed by atoms with van der Waals surface area (Å²) in [6.45, 7) is 4.76. The van der Waals surface area contributed by atoms with Gasteiger partial charge in [-0.05, 0) is 43.4 Å². The van der Waals surface area contributed by atoms with E-state index in [2.05, 4.69) is 15.0 Å². The number of aryl methyl sites for hydroxylation is 1. The molecule has 2 aliphatic rings. The van der Waals surface area contributed by atoms with E-state index in [1.165, 1.54) is 18.4 Å². The van der Waals surface area contributed by atoms with Gasteiger partial charge in [-0.1, -0.05) is 0 Å². The summed E-state index contributed by atoms with van der Waals surface area (Å²) in [6, 6.07) is 4.08. The fourth-order valence-corrected chi connectivity index (χ4v) is 3.53. The standard InChI is InChI=1S/C20H24N4O2/c1-14-8-23-19(9-22-14)20(25)24-10-17(13-26-12-15-2-3-15)18(11-24)16-4-6-21-7-5-16/h4-9,15,17-18H,2-3,10-13H2,1H3. The number of carbonyl (C=O) groups excluding carboxylic acids is 1. The Morgan fingerprint density at radius 2 is 1.96 bits per heavy atom. The van der Waals surface area contributed by atoms with Crippen LogP contribution in [0.25, 0.3) is 0 Å². The van der Waals surface area contributed by atoms with Crippen LogP contribution in [0.15, 0.2) is 36.9 Å². The monoisotopic (exact) mass is 352 g/mol. The van der Waals surface area contributed by atoms with Gasteiger partial charge in [0, 0.05) is 50.1 Å². The molecule has 1 aliphatic heterocycles. The molecular weight excluding hydrogens is 328 g/mol. The highest BCUT2D eigenvalue weighted by atomic mass is 16.5. The molecule has 0 radical (unpaired) electrons. The van der Waals surface area contributed by atoms with Crippen LogP contribution in [0.4, 0.5) is 0 Å². The maximum absolute atomic E-state index is 12.8. The van der Waals surface area contributed by atoms with Gasteiger partial charge in [-0.3, -0.25) is 14.8 Å². The van der Waals surface area contributed by atoms with Crippen molar-refractivity contribution in [1.29, 1.82) is 0 Å². The molecule has 1 aliphatic carbocycles. The number of ether oxygens (including phenoxy) is 1. The van der Waals surface area contributed by atoms with Gasteiger partial charge >= 0.3 is 0 Å². The quantitative estimate of drug-likeness (QED) is 0.799. The van der Waals surface area contributed by atoms with Crippen LogP contribution in [-0.4, -0.2) is 52.1 Å².